The van der Waals surface area contributed by atoms with Gasteiger partial charge in [0.25, 0.3) is 0 Å². The monoisotopic (exact) mass is 875 g/mol. The Hall–Kier alpha value is -9.40. The Labute approximate surface area is 398 Å². The van der Waals surface area contributed by atoms with Gasteiger partial charge in [-0.15, -0.1) is 0 Å². The second kappa shape index (κ2) is 16.2. The molecule has 0 aliphatic rings. The van der Waals surface area contributed by atoms with Gasteiger partial charge in [-0.25, -0.2) is 29.9 Å². The van der Waals surface area contributed by atoms with E-state index < -0.39 is 18.1 Å². The van der Waals surface area contributed by atoms with Gasteiger partial charge in [-0.2, -0.15) is 0 Å². The van der Waals surface area contributed by atoms with Crippen LogP contribution in [-0.4, -0.2) is 39.0 Å². The van der Waals surface area contributed by atoms with Crippen LogP contribution >= 0.6 is 0 Å². The number of hydrogen-bond acceptors (Lipinski definition) is 6. The van der Waals surface area contributed by atoms with Crippen molar-refractivity contribution in [1.82, 2.24) is 39.0 Å². The highest BCUT2D eigenvalue weighted by atomic mass is 15.1. The predicted octanol–water partition coefficient (Wildman–Crippen LogP) is 14.3. The van der Waals surface area contributed by atoms with E-state index in [-0.39, 0.29) is 17.8 Å². The van der Waals surface area contributed by atoms with Crippen molar-refractivity contribution in [3.8, 4) is 79.7 Å². The normalized spacial score (nSPS) is 12.6. The van der Waals surface area contributed by atoms with Crippen molar-refractivity contribution < 1.29 is 6.85 Å². The van der Waals surface area contributed by atoms with Crippen molar-refractivity contribution >= 4 is 43.6 Å². The molecule has 0 radical (unpaired) electrons. The molecule has 0 spiro atoms. The Kier molecular flexibility index (Phi) is 8.12. The molecule has 68 heavy (non-hydrogen) atoms. The summed E-state index contributed by atoms with van der Waals surface area (Å²) in [5, 5.41) is 3.61. The minimum atomic E-state index is -0.444. The Morgan fingerprint density at radius 2 is 0.691 bits per heavy atom. The smallest absolute Gasteiger partial charge is 0.166 e. The molecule has 13 rings (SSSR count). The second-order valence-corrected chi connectivity index (χ2v) is 16.3. The van der Waals surface area contributed by atoms with Crippen LogP contribution in [0.5, 0.6) is 0 Å². The first-order valence-electron chi connectivity index (χ1n) is 24.7. The summed E-state index contributed by atoms with van der Waals surface area (Å²) in [4.78, 5) is 30.9. The summed E-state index contributed by atoms with van der Waals surface area (Å²) in [5.74, 6) is 2.95. The predicted molar refractivity (Wildman–Crippen MR) is 275 cm³/mol. The van der Waals surface area contributed by atoms with Crippen LogP contribution in [0, 0.1) is 0 Å². The van der Waals surface area contributed by atoms with E-state index in [1.54, 1.807) is 4.57 Å². The van der Waals surface area contributed by atoms with Crippen LogP contribution in [0.3, 0.4) is 0 Å². The lowest BCUT2D eigenvalue weighted by Crippen LogP contribution is -2.05. The first-order chi connectivity index (χ1) is 35.8. The summed E-state index contributed by atoms with van der Waals surface area (Å²) >= 11 is 0. The highest BCUT2D eigenvalue weighted by molar-refractivity contribution is 6.29. The molecule has 0 atom stereocenters. The van der Waals surface area contributed by atoms with Crippen molar-refractivity contribution in [1.29, 1.82) is 0 Å². The Morgan fingerprint density at radius 1 is 0.309 bits per heavy atom. The lowest BCUT2D eigenvalue weighted by molar-refractivity contribution is 1.06. The maximum Gasteiger partial charge on any atom is 0.166 e. The fourth-order valence-electron chi connectivity index (χ4n) is 9.29. The number of aromatic nitrogens is 8. The molecule has 318 valence electrons. The van der Waals surface area contributed by atoms with E-state index in [0.717, 1.165) is 60.5 Å². The van der Waals surface area contributed by atoms with E-state index in [2.05, 4.69) is 28.8 Å². The third-order valence-corrected chi connectivity index (χ3v) is 12.3. The molecule has 0 aliphatic heterocycles. The van der Waals surface area contributed by atoms with Gasteiger partial charge in [-0.1, -0.05) is 176 Å². The van der Waals surface area contributed by atoms with Crippen LogP contribution in [0.15, 0.2) is 230 Å². The Morgan fingerprint density at radius 3 is 1.16 bits per heavy atom. The molecule has 4 aromatic heterocycles. The molecule has 9 aromatic carbocycles. The largest absolute Gasteiger partial charge is 0.309 e. The second-order valence-electron chi connectivity index (χ2n) is 16.3. The van der Waals surface area contributed by atoms with Crippen LogP contribution in [0.25, 0.3) is 123 Å². The quantitative estimate of drug-likeness (QED) is 0.151. The van der Waals surface area contributed by atoms with Crippen molar-refractivity contribution in [2.75, 3.05) is 0 Å². The van der Waals surface area contributed by atoms with Gasteiger partial charge < -0.3 is 9.13 Å². The first kappa shape index (κ1) is 34.0. The van der Waals surface area contributed by atoms with E-state index in [4.69, 9.17) is 36.8 Å². The van der Waals surface area contributed by atoms with Crippen LogP contribution < -0.4 is 0 Å². The number of hydrogen-bond donors (Lipinski definition) is 0. The molecule has 0 unspecified atom stereocenters. The van der Waals surface area contributed by atoms with Crippen LogP contribution in [-0.2, 0) is 0 Å². The summed E-state index contributed by atoms with van der Waals surface area (Å²) in [5.41, 5.74) is 8.77. The minimum Gasteiger partial charge on any atom is -0.309 e. The van der Waals surface area contributed by atoms with Gasteiger partial charge >= 0.3 is 0 Å². The number of nitrogens with zero attached hydrogens (tertiary/aromatic N) is 8. The summed E-state index contributed by atoms with van der Waals surface area (Å²) in [6.07, 6.45) is 0. The molecule has 0 saturated carbocycles. The summed E-state index contributed by atoms with van der Waals surface area (Å²) in [6, 6.07) is 64.0. The molecular formula is C60H38N8. The lowest BCUT2D eigenvalue weighted by Gasteiger charge is -2.16. The number of para-hydroxylation sites is 3. The standard InChI is InChI=1S/C60H38N8/c1-6-20-39(21-7-1)55-61-56(40-22-8-2-9-23-40)64-59(63-55)43-34-35-50(47(38-43)60-65-57(41-24-10-3-11-25-41)62-58(66-60)42-26-12-4-13-27-42)68-49-33-19-17-31-46(49)54-52(68)37-36-51-53(54)45-30-16-18-32-48(45)67(51)44-28-14-5-15-29-44/h1-38H/i5D,14D,15D,28D,29D. The van der Waals surface area contributed by atoms with Gasteiger partial charge in [0.1, 0.15) is 0 Å². The average molecular weight is 876 g/mol. The van der Waals surface area contributed by atoms with Gasteiger partial charge in [-0.3, -0.25) is 0 Å². The van der Waals surface area contributed by atoms with Gasteiger partial charge in [-0.05, 0) is 54.5 Å². The fraction of sp³-hybridized carbons (Fsp3) is 0. The van der Waals surface area contributed by atoms with E-state index in [1.165, 1.54) is 0 Å². The fourth-order valence-corrected chi connectivity index (χ4v) is 9.29. The van der Waals surface area contributed by atoms with Crippen LogP contribution in [0.2, 0.25) is 0 Å². The molecular weight excluding hydrogens is 833 g/mol. The maximum atomic E-state index is 9.08. The molecule has 13 aromatic rings. The van der Waals surface area contributed by atoms with Gasteiger partial charge in [0.05, 0.1) is 34.6 Å². The number of benzene rings is 9. The van der Waals surface area contributed by atoms with Crippen LogP contribution in [0.4, 0.5) is 0 Å². The highest BCUT2D eigenvalue weighted by Crippen LogP contribution is 2.44. The molecule has 0 bridgehead atoms. The SMILES string of the molecule is [2H]c1c([2H])c([2H])c(-n2c3ccccc3c3c4c5ccccc5n(-c5ccc(-c6nc(-c7ccccc7)nc(-c7ccccc7)n6)cc5-c5nc(-c6ccccc6)nc(-c6ccccc6)n5)c4ccc32)c([2H])c1[2H]. The number of fused-ring (bicyclic) bond motifs is 7. The Bertz CT molecular complexity index is 4170. The van der Waals surface area contributed by atoms with E-state index in [9.17, 15) is 0 Å². The highest BCUT2D eigenvalue weighted by Gasteiger charge is 2.24. The number of rotatable bonds is 8. The van der Waals surface area contributed by atoms with Crippen molar-refractivity contribution in [3.63, 3.8) is 0 Å². The summed E-state index contributed by atoms with van der Waals surface area (Å²) in [6.45, 7) is 0. The van der Waals surface area contributed by atoms with Crippen molar-refractivity contribution in [2.24, 2.45) is 0 Å². The molecule has 8 nitrogen and oxygen atoms in total. The molecule has 0 fully saturated rings. The van der Waals surface area contributed by atoms with E-state index in [1.807, 2.05) is 176 Å². The van der Waals surface area contributed by atoms with Gasteiger partial charge in [0.15, 0.2) is 34.9 Å². The average Bonchev–Trinajstić information content (AvgIpc) is 3.97. The lowest BCUT2D eigenvalue weighted by atomic mass is 10.0. The molecule has 4 heterocycles. The Balaban J connectivity index is 1.13. The van der Waals surface area contributed by atoms with Gasteiger partial charge in [0, 0.05) is 60.6 Å². The first-order valence-corrected chi connectivity index (χ1v) is 22.2. The minimum absolute atomic E-state index is 0.0839. The van der Waals surface area contributed by atoms with Gasteiger partial charge in [0.2, 0.25) is 0 Å². The molecule has 0 amide bonds. The van der Waals surface area contributed by atoms with Crippen molar-refractivity contribution in [3.05, 3.63) is 230 Å². The third-order valence-electron chi connectivity index (χ3n) is 12.3. The zero-order valence-corrected chi connectivity index (χ0v) is 36.1. The zero-order chi connectivity index (χ0) is 49.3. The molecule has 8 heteroatoms. The summed E-state index contributed by atoms with van der Waals surface area (Å²) < 4.78 is 47.8. The molecule has 0 saturated heterocycles. The third kappa shape index (κ3) is 6.62. The summed E-state index contributed by atoms with van der Waals surface area (Å²) in [7, 11) is 0. The van der Waals surface area contributed by atoms with E-state index >= 15 is 0 Å². The molecule has 0 N–H and O–H groups in total. The topological polar surface area (TPSA) is 87.2 Å². The van der Waals surface area contributed by atoms with Crippen molar-refractivity contribution in [2.45, 2.75) is 0 Å². The zero-order valence-electron chi connectivity index (χ0n) is 41.1. The molecule has 0 aliphatic carbocycles. The van der Waals surface area contributed by atoms with Crippen LogP contribution in [0.1, 0.15) is 6.85 Å². The van der Waals surface area contributed by atoms with E-state index in [0.29, 0.717) is 57.1 Å². The maximum absolute atomic E-state index is 9.08.